The molecule has 0 saturated heterocycles. The number of nitrogens with zero attached hydrogens (tertiary/aromatic N) is 3. The van der Waals surface area contributed by atoms with Crippen molar-refractivity contribution in [1.82, 2.24) is 10.1 Å². The summed E-state index contributed by atoms with van der Waals surface area (Å²) in [6.45, 7) is 2.00. The summed E-state index contributed by atoms with van der Waals surface area (Å²) in [5.74, 6) is 1.04. The van der Waals surface area contributed by atoms with Crippen LogP contribution in [0.2, 0.25) is 5.02 Å². The summed E-state index contributed by atoms with van der Waals surface area (Å²) in [5.41, 5.74) is 1.87. The predicted molar refractivity (Wildman–Crippen MR) is 86.9 cm³/mol. The van der Waals surface area contributed by atoms with Crippen LogP contribution in [-0.2, 0) is 6.61 Å². The molecule has 0 spiro atoms. The number of aryl methyl sites for hydroxylation is 1. The Balaban J connectivity index is 1.69. The SMILES string of the molecule is Cc1ccc(-c2noc(COc3ccc([N+](=O)[O-])cc3Cl)n2)cc1. The first-order chi connectivity index (χ1) is 11.5. The minimum absolute atomic E-state index is 0.0103. The van der Waals surface area contributed by atoms with Gasteiger partial charge in [-0.15, -0.1) is 0 Å². The number of ether oxygens (including phenoxy) is 1. The molecule has 3 rings (SSSR count). The quantitative estimate of drug-likeness (QED) is 0.508. The molecule has 122 valence electrons. The average molecular weight is 346 g/mol. The summed E-state index contributed by atoms with van der Waals surface area (Å²) >= 11 is 5.96. The van der Waals surface area contributed by atoms with Crippen LogP contribution in [0.4, 0.5) is 5.69 Å². The van der Waals surface area contributed by atoms with Gasteiger partial charge in [0.2, 0.25) is 5.82 Å². The van der Waals surface area contributed by atoms with Gasteiger partial charge in [0.1, 0.15) is 5.75 Å². The molecule has 2 aromatic carbocycles. The topological polar surface area (TPSA) is 91.3 Å². The van der Waals surface area contributed by atoms with Gasteiger partial charge >= 0.3 is 0 Å². The highest BCUT2D eigenvalue weighted by Crippen LogP contribution is 2.29. The summed E-state index contributed by atoms with van der Waals surface area (Å²) < 4.78 is 10.6. The zero-order valence-electron chi connectivity index (χ0n) is 12.6. The van der Waals surface area contributed by atoms with Crippen LogP contribution < -0.4 is 4.74 Å². The van der Waals surface area contributed by atoms with Crippen LogP contribution in [0.5, 0.6) is 5.75 Å². The number of nitro benzene ring substituents is 1. The molecular weight excluding hydrogens is 334 g/mol. The van der Waals surface area contributed by atoms with Gasteiger partial charge in [-0.2, -0.15) is 4.98 Å². The molecule has 3 aromatic rings. The van der Waals surface area contributed by atoms with Crippen molar-refractivity contribution >= 4 is 17.3 Å². The van der Waals surface area contributed by atoms with Gasteiger partial charge in [-0.3, -0.25) is 10.1 Å². The molecule has 8 heteroatoms. The normalized spacial score (nSPS) is 10.6. The molecule has 1 heterocycles. The van der Waals surface area contributed by atoms with Crippen molar-refractivity contribution in [3.63, 3.8) is 0 Å². The van der Waals surface area contributed by atoms with Gasteiger partial charge in [0.25, 0.3) is 11.6 Å². The molecular formula is C16H12ClN3O4. The summed E-state index contributed by atoms with van der Waals surface area (Å²) in [4.78, 5) is 14.4. The minimum atomic E-state index is -0.526. The maximum atomic E-state index is 10.7. The van der Waals surface area contributed by atoms with E-state index in [-0.39, 0.29) is 23.2 Å². The molecule has 0 fully saturated rings. The lowest BCUT2D eigenvalue weighted by Gasteiger charge is -2.04. The van der Waals surface area contributed by atoms with Gasteiger partial charge in [0.05, 0.1) is 9.95 Å². The van der Waals surface area contributed by atoms with Gasteiger partial charge < -0.3 is 9.26 Å². The fourth-order valence-electron chi connectivity index (χ4n) is 1.99. The maximum absolute atomic E-state index is 10.7. The predicted octanol–water partition coefficient (Wildman–Crippen LogP) is 4.19. The van der Waals surface area contributed by atoms with E-state index in [1.165, 1.54) is 18.2 Å². The molecule has 0 amide bonds. The van der Waals surface area contributed by atoms with E-state index < -0.39 is 4.92 Å². The third-order valence-corrected chi connectivity index (χ3v) is 3.55. The second-order valence-corrected chi connectivity index (χ2v) is 5.45. The first kappa shape index (κ1) is 15.9. The Labute approximate surface area is 142 Å². The molecule has 0 aliphatic heterocycles. The third-order valence-electron chi connectivity index (χ3n) is 3.26. The van der Waals surface area contributed by atoms with E-state index in [1.54, 1.807) is 0 Å². The standard InChI is InChI=1S/C16H12ClN3O4/c1-10-2-4-11(5-3-10)16-18-15(24-19-16)9-23-14-7-6-12(20(21)22)8-13(14)17/h2-8H,9H2,1H3. The highest BCUT2D eigenvalue weighted by molar-refractivity contribution is 6.32. The van der Waals surface area contributed by atoms with Gasteiger partial charge in [-0.25, -0.2) is 0 Å². The Hall–Kier alpha value is -2.93. The van der Waals surface area contributed by atoms with Gasteiger partial charge in [-0.1, -0.05) is 46.6 Å². The number of nitro groups is 1. The molecule has 0 N–H and O–H groups in total. The van der Waals surface area contributed by atoms with Gasteiger partial charge in [0, 0.05) is 17.7 Å². The van der Waals surface area contributed by atoms with E-state index in [0.29, 0.717) is 11.6 Å². The summed E-state index contributed by atoms with van der Waals surface area (Å²) in [7, 11) is 0. The van der Waals surface area contributed by atoms with E-state index in [2.05, 4.69) is 10.1 Å². The number of halogens is 1. The lowest BCUT2D eigenvalue weighted by Crippen LogP contribution is -1.97. The van der Waals surface area contributed by atoms with Crippen molar-refractivity contribution in [3.05, 3.63) is 69.1 Å². The molecule has 24 heavy (non-hydrogen) atoms. The molecule has 0 bridgehead atoms. The van der Waals surface area contributed by atoms with Crippen LogP contribution in [0.15, 0.2) is 47.0 Å². The Morgan fingerprint density at radius 1 is 1.25 bits per heavy atom. The lowest BCUT2D eigenvalue weighted by atomic mass is 10.1. The Morgan fingerprint density at radius 2 is 2.00 bits per heavy atom. The number of rotatable bonds is 5. The van der Waals surface area contributed by atoms with Crippen LogP contribution >= 0.6 is 11.6 Å². The van der Waals surface area contributed by atoms with E-state index in [1.807, 2.05) is 31.2 Å². The van der Waals surface area contributed by atoms with E-state index in [0.717, 1.165) is 11.1 Å². The smallest absolute Gasteiger partial charge is 0.271 e. The second kappa shape index (κ2) is 6.67. The fourth-order valence-corrected chi connectivity index (χ4v) is 2.22. The molecule has 7 nitrogen and oxygen atoms in total. The molecule has 0 aliphatic rings. The Morgan fingerprint density at radius 3 is 2.67 bits per heavy atom. The number of hydrogen-bond donors (Lipinski definition) is 0. The Bertz CT molecular complexity index is 877. The van der Waals surface area contributed by atoms with Crippen LogP contribution in [0, 0.1) is 17.0 Å². The molecule has 1 aromatic heterocycles. The highest BCUT2D eigenvalue weighted by atomic mass is 35.5. The van der Waals surface area contributed by atoms with Crippen molar-refractivity contribution in [3.8, 4) is 17.1 Å². The monoisotopic (exact) mass is 345 g/mol. The van der Waals surface area contributed by atoms with Crippen molar-refractivity contribution in [2.45, 2.75) is 13.5 Å². The molecule has 0 aliphatic carbocycles. The number of hydrogen-bond acceptors (Lipinski definition) is 6. The third kappa shape index (κ3) is 3.52. The molecule has 0 radical (unpaired) electrons. The van der Waals surface area contributed by atoms with Crippen molar-refractivity contribution in [1.29, 1.82) is 0 Å². The highest BCUT2D eigenvalue weighted by Gasteiger charge is 2.13. The van der Waals surface area contributed by atoms with Crippen LogP contribution in [0.1, 0.15) is 11.5 Å². The fraction of sp³-hybridized carbons (Fsp3) is 0.125. The van der Waals surface area contributed by atoms with Crippen LogP contribution in [0.25, 0.3) is 11.4 Å². The molecule has 0 saturated carbocycles. The van der Waals surface area contributed by atoms with Gasteiger partial charge in [-0.05, 0) is 13.0 Å². The molecule has 0 atom stereocenters. The zero-order valence-corrected chi connectivity index (χ0v) is 13.4. The van der Waals surface area contributed by atoms with Crippen molar-refractivity contribution in [2.75, 3.05) is 0 Å². The van der Waals surface area contributed by atoms with Gasteiger partial charge in [0.15, 0.2) is 6.61 Å². The van der Waals surface area contributed by atoms with E-state index in [9.17, 15) is 10.1 Å². The minimum Gasteiger partial charge on any atom is -0.482 e. The van der Waals surface area contributed by atoms with Crippen molar-refractivity contribution in [2.24, 2.45) is 0 Å². The number of aromatic nitrogens is 2. The van der Waals surface area contributed by atoms with E-state index in [4.69, 9.17) is 20.9 Å². The first-order valence-corrected chi connectivity index (χ1v) is 7.37. The summed E-state index contributed by atoms with van der Waals surface area (Å²) in [6.07, 6.45) is 0. The maximum Gasteiger partial charge on any atom is 0.271 e. The Kier molecular flexibility index (Phi) is 4.43. The summed E-state index contributed by atoms with van der Waals surface area (Å²) in [6, 6.07) is 11.7. The lowest BCUT2D eigenvalue weighted by molar-refractivity contribution is -0.384. The van der Waals surface area contributed by atoms with E-state index >= 15 is 0 Å². The van der Waals surface area contributed by atoms with Crippen LogP contribution in [-0.4, -0.2) is 15.1 Å². The zero-order chi connectivity index (χ0) is 17.1. The second-order valence-electron chi connectivity index (χ2n) is 5.04. The number of benzene rings is 2. The molecule has 0 unspecified atom stereocenters. The van der Waals surface area contributed by atoms with Crippen LogP contribution in [0.3, 0.4) is 0 Å². The first-order valence-electron chi connectivity index (χ1n) is 6.99. The average Bonchev–Trinajstić information content (AvgIpc) is 3.03. The largest absolute Gasteiger partial charge is 0.482 e. The summed E-state index contributed by atoms with van der Waals surface area (Å²) in [5, 5.41) is 14.7. The number of non-ortho nitro benzene ring substituents is 1. The van der Waals surface area contributed by atoms with Crippen molar-refractivity contribution < 1.29 is 14.2 Å².